The summed E-state index contributed by atoms with van der Waals surface area (Å²) in [6.45, 7) is 0.237. The van der Waals surface area contributed by atoms with Crippen LogP contribution in [0.2, 0.25) is 0 Å². The van der Waals surface area contributed by atoms with Crippen molar-refractivity contribution in [1.29, 1.82) is 0 Å². The van der Waals surface area contributed by atoms with Crippen LogP contribution in [-0.2, 0) is 10.0 Å². The van der Waals surface area contributed by atoms with Crippen molar-refractivity contribution in [2.45, 2.75) is 23.2 Å². The Morgan fingerprint density at radius 3 is 2.88 bits per heavy atom. The van der Waals surface area contributed by atoms with Gasteiger partial charge < -0.3 is 10.8 Å². The van der Waals surface area contributed by atoms with Crippen LogP contribution in [0.4, 0.5) is 5.13 Å². The molecule has 1 aliphatic heterocycles. The van der Waals surface area contributed by atoms with E-state index in [-0.39, 0.29) is 22.1 Å². The average Bonchev–Trinajstić information content (AvgIpc) is 2.85. The molecule has 1 aromatic heterocycles. The SMILES string of the molecule is Nc1nnc(S(=O)(=O)N2CCCC2CO)s1. The van der Waals surface area contributed by atoms with Crippen LogP contribution >= 0.6 is 11.3 Å². The van der Waals surface area contributed by atoms with E-state index >= 15 is 0 Å². The Morgan fingerprint density at radius 2 is 2.31 bits per heavy atom. The smallest absolute Gasteiger partial charge is 0.272 e. The van der Waals surface area contributed by atoms with Crippen molar-refractivity contribution in [3.8, 4) is 0 Å². The molecule has 1 saturated heterocycles. The minimum atomic E-state index is -3.64. The van der Waals surface area contributed by atoms with E-state index in [0.29, 0.717) is 13.0 Å². The van der Waals surface area contributed by atoms with Crippen molar-refractivity contribution >= 4 is 26.5 Å². The van der Waals surface area contributed by atoms with Crippen LogP contribution < -0.4 is 5.73 Å². The summed E-state index contributed by atoms with van der Waals surface area (Å²) in [5, 5.41) is 16.2. The summed E-state index contributed by atoms with van der Waals surface area (Å²) in [6, 6.07) is -0.352. The quantitative estimate of drug-likeness (QED) is 0.744. The molecule has 1 aromatic rings. The molecule has 0 aromatic carbocycles. The predicted octanol–water partition coefficient (Wildman–Crippen LogP) is -0.734. The summed E-state index contributed by atoms with van der Waals surface area (Å²) in [5.41, 5.74) is 5.35. The summed E-state index contributed by atoms with van der Waals surface area (Å²) in [4.78, 5) is 0. The Balaban J connectivity index is 2.32. The van der Waals surface area contributed by atoms with Gasteiger partial charge in [-0.1, -0.05) is 11.3 Å². The molecule has 1 aliphatic rings. The van der Waals surface area contributed by atoms with Crippen LogP contribution in [0.25, 0.3) is 0 Å². The van der Waals surface area contributed by atoms with Crippen LogP contribution in [0.1, 0.15) is 12.8 Å². The Hall–Kier alpha value is -0.770. The second-order valence-electron chi connectivity index (χ2n) is 3.50. The lowest BCUT2D eigenvalue weighted by Crippen LogP contribution is -2.37. The first-order valence-corrected chi connectivity index (χ1v) is 7.03. The monoisotopic (exact) mass is 264 g/mol. The Kier molecular flexibility index (Phi) is 3.10. The second kappa shape index (κ2) is 4.24. The molecule has 7 nitrogen and oxygen atoms in total. The zero-order valence-corrected chi connectivity index (χ0v) is 10.0. The standard InChI is InChI=1S/C7H12N4O3S2/c8-6-9-10-7(15-6)16(13,14)11-3-1-2-5(11)4-12/h5,12H,1-4H2,(H2,8,9). The fourth-order valence-electron chi connectivity index (χ4n) is 1.73. The first-order valence-electron chi connectivity index (χ1n) is 4.77. The summed E-state index contributed by atoms with van der Waals surface area (Å²) in [6.07, 6.45) is 1.42. The maximum Gasteiger partial charge on any atom is 0.272 e. The van der Waals surface area contributed by atoms with E-state index < -0.39 is 10.0 Å². The van der Waals surface area contributed by atoms with Crippen LogP contribution in [0.3, 0.4) is 0 Å². The van der Waals surface area contributed by atoms with E-state index in [2.05, 4.69) is 10.2 Å². The number of nitrogens with zero attached hydrogens (tertiary/aromatic N) is 3. The molecule has 16 heavy (non-hydrogen) atoms. The van der Waals surface area contributed by atoms with Crippen molar-refractivity contribution < 1.29 is 13.5 Å². The lowest BCUT2D eigenvalue weighted by molar-refractivity contribution is 0.213. The average molecular weight is 264 g/mol. The van der Waals surface area contributed by atoms with Crippen molar-refractivity contribution in [3.63, 3.8) is 0 Å². The summed E-state index contributed by atoms with van der Waals surface area (Å²) in [5.74, 6) is 0. The lowest BCUT2D eigenvalue weighted by atomic mass is 10.2. The maximum atomic E-state index is 12.1. The number of nitrogens with two attached hydrogens (primary N) is 1. The first-order chi connectivity index (χ1) is 7.55. The van der Waals surface area contributed by atoms with Gasteiger partial charge in [0.25, 0.3) is 10.0 Å². The van der Waals surface area contributed by atoms with Gasteiger partial charge in [-0.15, -0.1) is 10.2 Å². The molecule has 90 valence electrons. The van der Waals surface area contributed by atoms with E-state index in [1.54, 1.807) is 0 Å². The summed E-state index contributed by atoms with van der Waals surface area (Å²) in [7, 11) is -3.64. The van der Waals surface area contributed by atoms with E-state index in [9.17, 15) is 8.42 Å². The molecular formula is C7H12N4O3S2. The number of hydrogen-bond donors (Lipinski definition) is 2. The molecule has 0 aliphatic carbocycles. The summed E-state index contributed by atoms with van der Waals surface area (Å²) >= 11 is 0.838. The molecule has 2 rings (SSSR count). The minimum Gasteiger partial charge on any atom is -0.395 e. The zero-order chi connectivity index (χ0) is 11.8. The molecule has 1 unspecified atom stereocenters. The predicted molar refractivity (Wildman–Crippen MR) is 58.3 cm³/mol. The molecule has 9 heteroatoms. The molecule has 0 radical (unpaired) electrons. The van der Waals surface area contributed by atoms with Crippen molar-refractivity contribution in [2.75, 3.05) is 18.9 Å². The molecule has 1 fully saturated rings. The van der Waals surface area contributed by atoms with Gasteiger partial charge in [-0.25, -0.2) is 8.42 Å². The molecule has 3 N–H and O–H groups in total. The van der Waals surface area contributed by atoms with Gasteiger partial charge >= 0.3 is 0 Å². The van der Waals surface area contributed by atoms with Gasteiger partial charge in [0, 0.05) is 12.6 Å². The summed E-state index contributed by atoms with van der Waals surface area (Å²) < 4.78 is 25.3. The van der Waals surface area contributed by atoms with E-state index in [4.69, 9.17) is 10.8 Å². The van der Waals surface area contributed by atoms with Crippen molar-refractivity contribution in [2.24, 2.45) is 0 Å². The number of rotatable bonds is 3. The van der Waals surface area contributed by atoms with Gasteiger partial charge in [-0.2, -0.15) is 4.31 Å². The highest BCUT2D eigenvalue weighted by Crippen LogP contribution is 2.27. The van der Waals surface area contributed by atoms with Gasteiger partial charge in [0.2, 0.25) is 9.47 Å². The maximum absolute atomic E-state index is 12.1. The Morgan fingerprint density at radius 1 is 1.56 bits per heavy atom. The number of aromatic nitrogens is 2. The van der Waals surface area contributed by atoms with Gasteiger partial charge in [-0.05, 0) is 12.8 Å². The van der Waals surface area contributed by atoms with E-state index in [1.165, 1.54) is 4.31 Å². The highest BCUT2D eigenvalue weighted by Gasteiger charge is 2.36. The Labute approximate surface area is 97.0 Å². The van der Waals surface area contributed by atoms with Gasteiger partial charge in [0.1, 0.15) is 0 Å². The van der Waals surface area contributed by atoms with Crippen molar-refractivity contribution in [3.05, 3.63) is 0 Å². The van der Waals surface area contributed by atoms with E-state index in [0.717, 1.165) is 17.8 Å². The molecule has 1 atom stereocenters. The molecule has 0 spiro atoms. The fourth-order valence-corrected chi connectivity index (χ4v) is 4.32. The number of aliphatic hydroxyl groups excluding tert-OH is 1. The number of hydrogen-bond acceptors (Lipinski definition) is 7. The largest absolute Gasteiger partial charge is 0.395 e. The molecule has 0 bridgehead atoms. The second-order valence-corrected chi connectivity index (χ2v) is 6.57. The lowest BCUT2D eigenvalue weighted by Gasteiger charge is -2.20. The number of aliphatic hydroxyl groups is 1. The van der Waals surface area contributed by atoms with Gasteiger partial charge in [0.15, 0.2) is 0 Å². The molecule has 0 amide bonds. The molecule has 0 saturated carbocycles. The number of sulfonamides is 1. The fraction of sp³-hybridized carbons (Fsp3) is 0.714. The molecule has 2 heterocycles. The third kappa shape index (κ3) is 1.90. The number of nitrogen functional groups attached to an aromatic ring is 1. The Bertz CT molecular complexity index is 472. The third-order valence-corrected chi connectivity index (χ3v) is 5.54. The minimum absolute atomic E-state index is 0.106. The van der Waals surface area contributed by atoms with Crippen LogP contribution in [0, 0.1) is 0 Å². The van der Waals surface area contributed by atoms with Crippen molar-refractivity contribution in [1.82, 2.24) is 14.5 Å². The zero-order valence-electron chi connectivity index (χ0n) is 8.40. The third-order valence-electron chi connectivity index (χ3n) is 2.49. The highest BCUT2D eigenvalue weighted by molar-refractivity contribution is 7.91. The van der Waals surface area contributed by atoms with Gasteiger partial charge in [-0.3, -0.25) is 0 Å². The molecular weight excluding hydrogens is 252 g/mol. The highest BCUT2D eigenvalue weighted by atomic mass is 32.2. The van der Waals surface area contributed by atoms with Crippen LogP contribution in [-0.4, -0.2) is 47.2 Å². The van der Waals surface area contributed by atoms with Crippen LogP contribution in [0.5, 0.6) is 0 Å². The van der Waals surface area contributed by atoms with Crippen LogP contribution in [0.15, 0.2) is 4.34 Å². The first kappa shape index (κ1) is 11.7. The normalized spacial score (nSPS) is 22.7. The topological polar surface area (TPSA) is 109 Å². The number of anilines is 1. The van der Waals surface area contributed by atoms with E-state index in [1.807, 2.05) is 0 Å². The van der Waals surface area contributed by atoms with Gasteiger partial charge in [0.05, 0.1) is 6.61 Å².